The molecule has 130 valence electrons. The first kappa shape index (κ1) is 16.6. The third-order valence-electron chi connectivity index (χ3n) is 4.38. The van der Waals surface area contributed by atoms with Crippen molar-refractivity contribution in [3.63, 3.8) is 0 Å². The number of rotatable bonds is 4. The summed E-state index contributed by atoms with van der Waals surface area (Å²) in [5.41, 5.74) is 0.344. The van der Waals surface area contributed by atoms with Crippen molar-refractivity contribution in [3.8, 4) is 11.5 Å². The number of esters is 1. The molecular weight excluding hydrogens is 310 g/mol. The Morgan fingerprint density at radius 2 is 1.83 bits per heavy atom. The monoisotopic (exact) mass is 333 g/mol. The molecule has 0 bridgehead atoms. The van der Waals surface area contributed by atoms with E-state index in [0.717, 1.165) is 25.7 Å². The van der Waals surface area contributed by atoms with Crippen LogP contribution in [0.2, 0.25) is 0 Å². The highest BCUT2D eigenvalue weighted by Gasteiger charge is 2.23. The maximum atomic E-state index is 12.2. The highest BCUT2D eigenvalue weighted by Crippen LogP contribution is 2.31. The summed E-state index contributed by atoms with van der Waals surface area (Å²) in [6, 6.07) is 5.07. The van der Waals surface area contributed by atoms with Gasteiger partial charge in [0.25, 0.3) is 5.91 Å². The van der Waals surface area contributed by atoms with Crippen LogP contribution in [-0.2, 0) is 9.53 Å². The molecule has 6 heteroatoms. The topological polar surface area (TPSA) is 73.9 Å². The number of benzene rings is 1. The Kier molecular flexibility index (Phi) is 5.23. The molecule has 0 unspecified atom stereocenters. The first-order valence-electron chi connectivity index (χ1n) is 8.54. The molecule has 1 aliphatic carbocycles. The Morgan fingerprint density at radius 1 is 1.12 bits per heavy atom. The SMILES string of the molecule is C[C@@H](OC(=O)c1ccc2c(c1)OCCO2)C(=O)NC1CCCCC1. The minimum atomic E-state index is -0.826. The molecule has 1 heterocycles. The van der Waals surface area contributed by atoms with Crippen LogP contribution >= 0.6 is 0 Å². The molecule has 0 saturated heterocycles. The van der Waals surface area contributed by atoms with Gasteiger partial charge in [0.2, 0.25) is 0 Å². The lowest BCUT2D eigenvalue weighted by Gasteiger charge is -2.24. The van der Waals surface area contributed by atoms with Crippen LogP contribution in [-0.4, -0.2) is 37.2 Å². The summed E-state index contributed by atoms with van der Waals surface area (Å²) in [5, 5.41) is 2.96. The molecule has 1 fully saturated rings. The lowest BCUT2D eigenvalue weighted by atomic mass is 9.95. The number of carbonyl (C=O) groups is 2. The van der Waals surface area contributed by atoms with Gasteiger partial charge in [-0.2, -0.15) is 0 Å². The molecule has 0 spiro atoms. The van der Waals surface area contributed by atoms with Crippen molar-refractivity contribution in [3.05, 3.63) is 23.8 Å². The fourth-order valence-corrected chi connectivity index (χ4v) is 3.02. The van der Waals surface area contributed by atoms with Crippen molar-refractivity contribution < 1.29 is 23.8 Å². The Hall–Kier alpha value is -2.24. The van der Waals surface area contributed by atoms with E-state index in [1.807, 2.05) is 0 Å². The highest BCUT2D eigenvalue weighted by atomic mass is 16.6. The van der Waals surface area contributed by atoms with E-state index in [4.69, 9.17) is 14.2 Å². The molecule has 1 N–H and O–H groups in total. The Balaban J connectivity index is 1.56. The van der Waals surface area contributed by atoms with E-state index in [0.29, 0.717) is 30.3 Å². The van der Waals surface area contributed by atoms with Crippen LogP contribution in [0.15, 0.2) is 18.2 Å². The molecule has 1 aromatic carbocycles. The summed E-state index contributed by atoms with van der Waals surface area (Å²) in [7, 11) is 0. The van der Waals surface area contributed by atoms with E-state index in [-0.39, 0.29) is 11.9 Å². The maximum absolute atomic E-state index is 12.2. The van der Waals surface area contributed by atoms with Crippen LogP contribution in [0.3, 0.4) is 0 Å². The van der Waals surface area contributed by atoms with Gasteiger partial charge in [-0.15, -0.1) is 0 Å². The van der Waals surface area contributed by atoms with Gasteiger partial charge in [-0.1, -0.05) is 19.3 Å². The third kappa shape index (κ3) is 3.99. The zero-order valence-corrected chi connectivity index (χ0v) is 13.9. The number of nitrogens with one attached hydrogen (secondary N) is 1. The number of ether oxygens (including phenoxy) is 3. The van der Waals surface area contributed by atoms with E-state index < -0.39 is 12.1 Å². The van der Waals surface area contributed by atoms with E-state index in [9.17, 15) is 9.59 Å². The zero-order valence-electron chi connectivity index (χ0n) is 13.9. The zero-order chi connectivity index (χ0) is 16.9. The van der Waals surface area contributed by atoms with E-state index in [1.54, 1.807) is 25.1 Å². The molecular formula is C18H23NO5. The molecule has 1 saturated carbocycles. The molecule has 3 rings (SSSR count). The van der Waals surface area contributed by atoms with Crippen LogP contribution in [0.5, 0.6) is 11.5 Å². The minimum absolute atomic E-state index is 0.196. The fourth-order valence-electron chi connectivity index (χ4n) is 3.02. The second-order valence-electron chi connectivity index (χ2n) is 6.25. The molecule has 2 aliphatic rings. The van der Waals surface area contributed by atoms with Crippen molar-refractivity contribution in [2.45, 2.75) is 51.2 Å². The van der Waals surface area contributed by atoms with Gasteiger partial charge in [0.05, 0.1) is 5.56 Å². The van der Waals surface area contributed by atoms with Crippen LogP contribution in [0.25, 0.3) is 0 Å². The average molecular weight is 333 g/mol. The number of hydrogen-bond acceptors (Lipinski definition) is 5. The molecule has 0 aromatic heterocycles. The molecule has 24 heavy (non-hydrogen) atoms. The summed E-state index contributed by atoms with van der Waals surface area (Å²) in [5.74, 6) is 0.349. The normalized spacial score (nSPS) is 18.5. The van der Waals surface area contributed by atoms with Crippen molar-refractivity contribution >= 4 is 11.9 Å². The van der Waals surface area contributed by atoms with Crippen molar-refractivity contribution in [1.82, 2.24) is 5.32 Å². The summed E-state index contributed by atoms with van der Waals surface area (Å²) < 4.78 is 16.2. The average Bonchev–Trinajstić information content (AvgIpc) is 2.62. The number of carbonyl (C=O) groups excluding carboxylic acids is 2. The molecule has 1 atom stereocenters. The summed E-state index contributed by atoms with van der Waals surface area (Å²) in [4.78, 5) is 24.4. The first-order valence-corrected chi connectivity index (χ1v) is 8.54. The smallest absolute Gasteiger partial charge is 0.339 e. The summed E-state index contributed by atoms with van der Waals surface area (Å²) in [6.07, 6.45) is 4.66. The van der Waals surface area contributed by atoms with Crippen molar-refractivity contribution in [1.29, 1.82) is 0 Å². The standard InChI is InChI=1S/C18H23NO5/c1-12(17(20)19-14-5-3-2-4-6-14)24-18(21)13-7-8-15-16(11-13)23-10-9-22-15/h7-8,11-12,14H,2-6,9-10H2,1H3,(H,19,20)/t12-/m1/s1. The Morgan fingerprint density at radius 3 is 2.58 bits per heavy atom. The Labute approximate surface area is 141 Å². The summed E-state index contributed by atoms with van der Waals surface area (Å²) in [6.45, 7) is 2.54. The van der Waals surface area contributed by atoms with Gasteiger partial charge in [0.15, 0.2) is 17.6 Å². The van der Waals surface area contributed by atoms with Gasteiger partial charge in [0.1, 0.15) is 13.2 Å². The van der Waals surface area contributed by atoms with Crippen molar-refractivity contribution in [2.75, 3.05) is 13.2 Å². The predicted octanol–water partition coefficient (Wildman–Crippen LogP) is 2.45. The highest BCUT2D eigenvalue weighted by molar-refractivity contribution is 5.92. The molecule has 1 aromatic rings. The predicted molar refractivity (Wildman–Crippen MR) is 87.3 cm³/mol. The van der Waals surface area contributed by atoms with Gasteiger partial charge >= 0.3 is 5.97 Å². The van der Waals surface area contributed by atoms with Gasteiger partial charge < -0.3 is 19.5 Å². The minimum Gasteiger partial charge on any atom is -0.486 e. The molecule has 0 radical (unpaired) electrons. The largest absolute Gasteiger partial charge is 0.486 e. The van der Waals surface area contributed by atoms with E-state index >= 15 is 0 Å². The van der Waals surface area contributed by atoms with Crippen LogP contribution in [0.1, 0.15) is 49.4 Å². The van der Waals surface area contributed by atoms with Gasteiger partial charge in [-0.05, 0) is 38.0 Å². The maximum Gasteiger partial charge on any atom is 0.339 e. The number of amides is 1. The first-order chi connectivity index (χ1) is 11.6. The fraction of sp³-hybridized carbons (Fsp3) is 0.556. The van der Waals surface area contributed by atoms with Crippen LogP contribution in [0.4, 0.5) is 0 Å². The lowest BCUT2D eigenvalue weighted by Crippen LogP contribution is -2.42. The molecule has 6 nitrogen and oxygen atoms in total. The van der Waals surface area contributed by atoms with Gasteiger partial charge in [-0.3, -0.25) is 4.79 Å². The third-order valence-corrected chi connectivity index (χ3v) is 4.38. The summed E-state index contributed by atoms with van der Waals surface area (Å²) >= 11 is 0. The van der Waals surface area contributed by atoms with E-state index in [1.165, 1.54) is 6.42 Å². The quantitative estimate of drug-likeness (QED) is 0.857. The van der Waals surface area contributed by atoms with Crippen LogP contribution in [0, 0.1) is 0 Å². The molecule has 1 amide bonds. The van der Waals surface area contributed by atoms with Crippen LogP contribution < -0.4 is 14.8 Å². The van der Waals surface area contributed by atoms with Crippen molar-refractivity contribution in [2.24, 2.45) is 0 Å². The second kappa shape index (κ2) is 7.55. The van der Waals surface area contributed by atoms with Gasteiger partial charge in [-0.25, -0.2) is 4.79 Å². The number of fused-ring (bicyclic) bond motifs is 1. The molecule has 1 aliphatic heterocycles. The van der Waals surface area contributed by atoms with E-state index in [2.05, 4.69) is 5.32 Å². The second-order valence-corrected chi connectivity index (χ2v) is 6.25. The lowest BCUT2D eigenvalue weighted by molar-refractivity contribution is -0.130. The number of hydrogen-bond donors (Lipinski definition) is 1. The Bertz CT molecular complexity index is 609. The van der Waals surface area contributed by atoms with Gasteiger partial charge in [0, 0.05) is 6.04 Å².